The second-order valence-electron chi connectivity index (χ2n) is 9.67. The topological polar surface area (TPSA) is 88.1 Å². The molecule has 0 unspecified atom stereocenters. The predicted molar refractivity (Wildman–Crippen MR) is 137 cm³/mol. The van der Waals surface area contributed by atoms with Crippen molar-refractivity contribution < 1.29 is 19.1 Å². The average Bonchev–Trinajstić information content (AvgIpc) is 3.70. The first-order valence-corrected chi connectivity index (χ1v) is 12.7. The van der Waals surface area contributed by atoms with Gasteiger partial charge in [-0.2, -0.15) is 0 Å². The maximum Gasteiger partial charge on any atom is 0.242 e. The molecular formula is C28H29N5O4. The molecule has 0 bridgehead atoms. The summed E-state index contributed by atoms with van der Waals surface area (Å²) in [7, 11) is 0. The maximum absolute atomic E-state index is 13.2. The van der Waals surface area contributed by atoms with Crippen LogP contribution >= 0.6 is 0 Å². The molecule has 1 saturated carbocycles. The largest absolute Gasteiger partial charge is 0.454 e. The van der Waals surface area contributed by atoms with E-state index in [2.05, 4.69) is 15.1 Å². The van der Waals surface area contributed by atoms with Gasteiger partial charge in [0.15, 0.2) is 17.3 Å². The van der Waals surface area contributed by atoms with Crippen molar-refractivity contribution in [2.75, 3.05) is 44.4 Å². The molecule has 2 amide bonds. The molecular weight excluding hydrogens is 470 g/mol. The van der Waals surface area contributed by atoms with E-state index in [4.69, 9.17) is 9.47 Å². The lowest BCUT2D eigenvalue weighted by molar-refractivity contribution is -0.142. The molecule has 3 aliphatic rings. The van der Waals surface area contributed by atoms with E-state index < -0.39 is 0 Å². The van der Waals surface area contributed by atoms with Gasteiger partial charge < -0.3 is 24.2 Å². The predicted octanol–water partition coefficient (Wildman–Crippen LogP) is 2.96. The molecule has 37 heavy (non-hydrogen) atoms. The number of benzene rings is 2. The van der Waals surface area contributed by atoms with Crippen molar-refractivity contribution in [1.29, 1.82) is 0 Å². The first kappa shape index (κ1) is 23.3. The highest BCUT2D eigenvalue weighted by Crippen LogP contribution is 2.34. The smallest absolute Gasteiger partial charge is 0.242 e. The third kappa shape index (κ3) is 5.21. The molecule has 6 rings (SSSR count). The SMILES string of the molecule is O=C(CN(Cc1ccc2c(c1)OCO2)C(=O)C1CC1)N1CCN(c2ccc(-c3ccccc3)nn2)CC1. The summed E-state index contributed by atoms with van der Waals surface area (Å²) in [5.41, 5.74) is 2.79. The highest BCUT2D eigenvalue weighted by molar-refractivity contribution is 5.87. The van der Waals surface area contributed by atoms with Crippen LogP contribution in [-0.4, -0.2) is 71.3 Å². The third-order valence-electron chi connectivity index (χ3n) is 7.05. The molecule has 9 nitrogen and oxygen atoms in total. The summed E-state index contributed by atoms with van der Waals surface area (Å²) < 4.78 is 10.9. The van der Waals surface area contributed by atoms with Crippen LogP contribution in [0.4, 0.5) is 5.82 Å². The zero-order valence-corrected chi connectivity index (χ0v) is 20.6. The van der Waals surface area contributed by atoms with Crippen LogP contribution in [0.3, 0.4) is 0 Å². The van der Waals surface area contributed by atoms with E-state index in [-0.39, 0.29) is 31.1 Å². The second-order valence-corrected chi connectivity index (χ2v) is 9.67. The van der Waals surface area contributed by atoms with Crippen LogP contribution in [0.15, 0.2) is 60.7 Å². The number of carbonyl (C=O) groups excluding carboxylic acids is 2. The molecule has 190 valence electrons. The van der Waals surface area contributed by atoms with Gasteiger partial charge in [0.05, 0.1) is 5.69 Å². The summed E-state index contributed by atoms with van der Waals surface area (Å²) in [4.78, 5) is 31.9. The van der Waals surface area contributed by atoms with Crippen LogP contribution in [0.25, 0.3) is 11.3 Å². The van der Waals surface area contributed by atoms with Crippen LogP contribution < -0.4 is 14.4 Å². The van der Waals surface area contributed by atoms with Crippen molar-refractivity contribution in [2.45, 2.75) is 19.4 Å². The molecule has 1 saturated heterocycles. The quantitative estimate of drug-likeness (QED) is 0.494. The lowest BCUT2D eigenvalue weighted by Gasteiger charge is -2.36. The molecule has 0 radical (unpaired) electrons. The van der Waals surface area contributed by atoms with Gasteiger partial charge >= 0.3 is 0 Å². The maximum atomic E-state index is 13.2. The number of aromatic nitrogens is 2. The monoisotopic (exact) mass is 499 g/mol. The Balaban J connectivity index is 1.06. The minimum absolute atomic E-state index is 0.0279. The van der Waals surface area contributed by atoms with Gasteiger partial charge in [-0.15, -0.1) is 10.2 Å². The molecule has 9 heteroatoms. The zero-order chi connectivity index (χ0) is 25.2. The number of amides is 2. The fraction of sp³-hybridized carbons (Fsp3) is 0.357. The molecule has 1 aromatic heterocycles. The number of piperazine rings is 1. The van der Waals surface area contributed by atoms with Gasteiger partial charge in [-0.05, 0) is 42.7 Å². The Morgan fingerprint density at radius 1 is 0.892 bits per heavy atom. The van der Waals surface area contributed by atoms with Gasteiger partial charge in [0.25, 0.3) is 0 Å². The van der Waals surface area contributed by atoms with Gasteiger partial charge in [-0.1, -0.05) is 36.4 Å². The van der Waals surface area contributed by atoms with Crippen LogP contribution in [0.5, 0.6) is 11.5 Å². The van der Waals surface area contributed by atoms with E-state index in [1.807, 2.05) is 65.6 Å². The molecule has 2 aliphatic heterocycles. The van der Waals surface area contributed by atoms with E-state index in [1.54, 1.807) is 4.90 Å². The van der Waals surface area contributed by atoms with Gasteiger partial charge in [-0.3, -0.25) is 9.59 Å². The first-order valence-electron chi connectivity index (χ1n) is 12.7. The number of fused-ring (bicyclic) bond motifs is 1. The number of hydrogen-bond acceptors (Lipinski definition) is 7. The Labute approximate surface area is 215 Å². The summed E-state index contributed by atoms with van der Waals surface area (Å²) in [6, 6.07) is 19.6. The minimum atomic E-state index is -0.0279. The Morgan fingerprint density at radius 3 is 2.41 bits per heavy atom. The van der Waals surface area contributed by atoms with Crippen molar-refractivity contribution in [1.82, 2.24) is 20.0 Å². The highest BCUT2D eigenvalue weighted by Gasteiger charge is 2.35. The standard InChI is InChI=1S/C28H29N5O4/c34-27(18-33(28(35)22-7-8-22)17-20-6-10-24-25(16-20)37-19-36-24)32-14-12-31(13-15-32)26-11-9-23(29-30-26)21-4-2-1-3-5-21/h1-6,9-11,16,22H,7-8,12-15,17-19H2. The van der Waals surface area contributed by atoms with E-state index in [0.717, 1.165) is 35.5 Å². The fourth-order valence-corrected chi connectivity index (χ4v) is 4.76. The van der Waals surface area contributed by atoms with Crippen molar-refractivity contribution >= 4 is 17.6 Å². The lowest BCUT2D eigenvalue weighted by atomic mass is 10.1. The van der Waals surface area contributed by atoms with Gasteiger partial charge in [0.1, 0.15) is 6.54 Å². The molecule has 2 aromatic carbocycles. The average molecular weight is 500 g/mol. The van der Waals surface area contributed by atoms with E-state index >= 15 is 0 Å². The number of ether oxygens (including phenoxy) is 2. The molecule has 3 heterocycles. The van der Waals surface area contributed by atoms with Crippen molar-refractivity contribution in [3.8, 4) is 22.8 Å². The van der Waals surface area contributed by atoms with Crippen LogP contribution in [-0.2, 0) is 16.1 Å². The van der Waals surface area contributed by atoms with E-state index in [0.29, 0.717) is 44.2 Å². The third-order valence-corrected chi connectivity index (χ3v) is 7.05. The Bertz CT molecular complexity index is 1270. The number of rotatable bonds is 7. The fourth-order valence-electron chi connectivity index (χ4n) is 4.76. The van der Waals surface area contributed by atoms with Gasteiger partial charge in [0.2, 0.25) is 18.6 Å². The number of nitrogens with zero attached hydrogens (tertiary/aromatic N) is 5. The van der Waals surface area contributed by atoms with Crippen LogP contribution in [0.1, 0.15) is 18.4 Å². The Hall–Kier alpha value is -4.14. The summed E-state index contributed by atoms with van der Waals surface area (Å²) in [5.74, 6) is 2.25. The van der Waals surface area contributed by atoms with E-state index in [1.165, 1.54) is 0 Å². The minimum Gasteiger partial charge on any atom is -0.454 e. The highest BCUT2D eigenvalue weighted by atomic mass is 16.7. The number of anilines is 1. The summed E-state index contributed by atoms with van der Waals surface area (Å²) >= 11 is 0. The zero-order valence-electron chi connectivity index (χ0n) is 20.6. The molecule has 3 aromatic rings. The summed E-state index contributed by atoms with van der Waals surface area (Å²) in [6.07, 6.45) is 1.79. The van der Waals surface area contributed by atoms with Gasteiger partial charge in [0, 0.05) is 44.2 Å². The first-order chi connectivity index (χ1) is 18.1. The summed E-state index contributed by atoms with van der Waals surface area (Å²) in [6.45, 7) is 3.16. The van der Waals surface area contributed by atoms with Crippen LogP contribution in [0.2, 0.25) is 0 Å². The lowest BCUT2D eigenvalue weighted by Crippen LogP contribution is -2.52. The van der Waals surface area contributed by atoms with Crippen LogP contribution in [0, 0.1) is 5.92 Å². The Kier molecular flexibility index (Phi) is 6.34. The molecule has 1 aliphatic carbocycles. The van der Waals surface area contributed by atoms with Crippen molar-refractivity contribution in [3.05, 3.63) is 66.2 Å². The van der Waals surface area contributed by atoms with E-state index in [9.17, 15) is 9.59 Å². The molecule has 2 fully saturated rings. The van der Waals surface area contributed by atoms with Crippen molar-refractivity contribution in [3.63, 3.8) is 0 Å². The summed E-state index contributed by atoms with van der Waals surface area (Å²) in [5, 5.41) is 8.81. The molecule has 0 N–H and O–H groups in total. The normalized spacial score (nSPS) is 16.5. The molecule has 0 atom stereocenters. The number of hydrogen-bond donors (Lipinski definition) is 0. The molecule has 0 spiro atoms. The van der Waals surface area contributed by atoms with Crippen molar-refractivity contribution in [2.24, 2.45) is 5.92 Å². The van der Waals surface area contributed by atoms with Gasteiger partial charge in [-0.25, -0.2) is 0 Å². The number of carbonyl (C=O) groups is 2. The Morgan fingerprint density at radius 2 is 1.68 bits per heavy atom. The second kappa shape index (κ2) is 10.1.